The van der Waals surface area contributed by atoms with Crippen molar-refractivity contribution < 1.29 is 14.4 Å². The summed E-state index contributed by atoms with van der Waals surface area (Å²) in [5.41, 5.74) is 2.64. The molecule has 0 aliphatic carbocycles. The van der Waals surface area contributed by atoms with Crippen molar-refractivity contribution in [2.45, 2.75) is 13.1 Å². The molecule has 1 heterocycles. The second kappa shape index (κ2) is 10.4. The standard InChI is InChI=1S/C25H18BrCl2N3O3/c26-18-6-2-4-8-20(18)30-23(32)16-11-9-15(10-12-16)13-29-22-21(28)24(33)31(25(22)34)14-17-5-1-3-7-19(17)27/h1-12,29H,13-14H2,(H,30,32). The Morgan fingerprint density at radius 3 is 2.26 bits per heavy atom. The van der Waals surface area contributed by atoms with Gasteiger partial charge in [-0.25, -0.2) is 0 Å². The van der Waals surface area contributed by atoms with Crippen molar-refractivity contribution in [3.8, 4) is 0 Å². The zero-order valence-corrected chi connectivity index (χ0v) is 20.7. The van der Waals surface area contributed by atoms with Crippen molar-refractivity contribution >= 4 is 62.5 Å². The molecule has 0 unspecified atom stereocenters. The molecule has 0 spiro atoms. The summed E-state index contributed by atoms with van der Waals surface area (Å²) in [7, 11) is 0. The Kier molecular flexibility index (Phi) is 7.36. The van der Waals surface area contributed by atoms with E-state index in [4.69, 9.17) is 23.2 Å². The molecule has 0 fully saturated rings. The number of nitrogens with one attached hydrogen (secondary N) is 2. The zero-order chi connectivity index (χ0) is 24.2. The summed E-state index contributed by atoms with van der Waals surface area (Å²) >= 11 is 15.7. The normalized spacial score (nSPS) is 13.4. The van der Waals surface area contributed by atoms with Gasteiger partial charge in [-0.05, 0) is 57.4 Å². The SMILES string of the molecule is O=C(Nc1ccccc1Br)c1ccc(CNC2=C(Cl)C(=O)N(Cc3ccccc3Cl)C2=O)cc1. The summed E-state index contributed by atoms with van der Waals surface area (Å²) < 4.78 is 0.786. The van der Waals surface area contributed by atoms with Crippen LogP contribution in [0.2, 0.25) is 5.02 Å². The van der Waals surface area contributed by atoms with Gasteiger partial charge in [0.15, 0.2) is 0 Å². The molecule has 0 saturated carbocycles. The maximum Gasteiger partial charge on any atom is 0.278 e. The second-order valence-corrected chi connectivity index (χ2v) is 9.10. The predicted molar refractivity (Wildman–Crippen MR) is 135 cm³/mol. The van der Waals surface area contributed by atoms with Crippen LogP contribution in [-0.4, -0.2) is 22.6 Å². The average Bonchev–Trinajstić information content (AvgIpc) is 3.03. The molecule has 3 amide bonds. The number of imide groups is 1. The summed E-state index contributed by atoms with van der Waals surface area (Å²) in [5.74, 6) is -1.34. The quantitative estimate of drug-likeness (QED) is 0.377. The van der Waals surface area contributed by atoms with Gasteiger partial charge < -0.3 is 10.6 Å². The molecule has 1 aliphatic heterocycles. The van der Waals surface area contributed by atoms with Crippen LogP contribution in [0.4, 0.5) is 5.69 Å². The van der Waals surface area contributed by atoms with Crippen molar-refractivity contribution in [2.24, 2.45) is 0 Å². The van der Waals surface area contributed by atoms with Gasteiger partial charge in [0, 0.05) is 21.6 Å². The number of halogens is 3. The van der Waals surface area contributed by atoms with Gasteiger partial charge in [0.1, 0.15) is 10.7 Å². The minimum Gasteiger partial charge on any atom is -0.375 e. The van der Waals surface area contributed by atoms with Crippen LogP contribution in [0.15, 0.2) is 88.0 Å². The highest BCUT2D eigenvalue weighted by molar-refractivity contribution is 9.10. The second-order valence-electron chi connectivity index (χ2n) is 7.46. The lowest BCUT2D eigenvalue weighted by Gasteiger charge is -2.16. The van der Waals surface area contributed by atoms with Crippen LogP contribution < -0.4 is 10.6 Å². The number of anilines is 1. The van der Waals surface area contributed by atoms with Gasteiger partial charge in [0.2, 0.25) is 0 Å². The van der Waals surface area contributed by atoms with Gasteiger partial charge in [-0.1, -0.05) is 65.7 Å². The summed E-state index contributed by atoms with van der Waals surface area (Å²) in [4.78, 5) is 38.9. The molecule has 0 aromatic heterocycles. The summed E-state index contributed by atoms with van der Waals surface area (Å²) in [5, 5.41) is 6.09. The van der Waals surface area contributed by atoms with Crippen LogP contribution in [0, 0.1) is 0 Å². The number of nitrogens with zero attached hydrogens (tertiary/aromatic N) is 1. The predicted octanol–water partition coefficient (Wildman–Crippen LogP) is 5.46. The minimum absolute atomic E-state index is 0.0279. The maximum atomic E-state index is 12.8. The van der Waals surface area contributed by atoms with E-state index in [9.17, 15) is 14.4 Å². The maximum absolute atomic E-state index is 12.8. The lowest BCUT2D eigenvalue weighted by Crippen LogP contribution is -2.33. The van der Waals surface area contributed by atoms with Crippen LogP contribution in [0.3, 0.4) is 0 Å². The molecule has 0 bridgehead atoms. The lowest BCUT2D eigenvalue weighted by atomic mass is 10.1. The van der Waals surface area contributed by atoms with Crippen LogP contribution in [0.25, 0.3) is 0 Å². The smallest absolute Gasteiger partial charge is 0.278 e. The van der Waals surface area contributed by atoms with E-state index in [0.717, 1.165) is 14.9 Å². The molecule has 34 heavy (non-hydrogen) atoms. The first-order valence-corrected chi connectivity index (χ1v) is 11.8. The van der Waals surface area contributed by atoms with E-state index < -0.39 is 11.8 Å². The lowest BCUT2D eigenvalue weighted by molar-refractivity contribution is -0.138. The number of rotatable bonds is 7. The number of para-hydroxylation sites is 1. The van der Waals surface area contributed by atoms with E-state index in [1.807, 2.05) is 18.2 Å². The molecule has 0 atom stereocenters. The summed E-state index contributed by atoms with van der Waals surface area (Å²) in [6, 6.07) is 21.2. The molecule has 0 saturated heterocycles. The number of amides is 3. The highest BCUT2D eigenvalue weighted by Crippen LogP contribution is 2.26. The van der Waals surface area contributed by atoms with Gasteiger partial charge in [0.25, 0.3) is 17.7 Å². The average molecular weight is 559 g/mol. The molecule has 3 aromatic carbocycles. The Morgan fingerprint density at radius 1 is 0.882 bits per heavy atom. The Labute approximate surface area is 214 Å². The van der Waals surface area contributed by atoms with Crippen molar-refractivity contribution in [1.29, 1.82) is 0 Å². The van der Waals surface area contributed by atoms with E-state index in [-0.39, 0.29) is 29.7 Å². The van der Waals surface area contributed by atoms with Crippen molar-refractivity contribution in [2.75, 3.05) is 5.32 Å². The number of hydrogen-bond donors (Lipinski definition) is 2. The Morgan fingerprint density at radius 2 is 1.56 bits per heavy atom. The first kappa shape index (κ1) is 24.0. The third-order valence-corrected chi connectivity index (χ3v) is 6.62. The fraction of sp³-hybridized carbons (Fsp3) is 0.0800. The molecule has 4 rings (SSSR count). The number of hydrogen-bond acceptors (Lipinski definition) is 4. The van der Waals surface area contributed by atoms with E-state index in [2.05, 4.69) is 26.6 Å². The molecular formula is C25H18BrCl2N3O3. The summed E-state index contributed by atoms with van der Waals surface area (Å²) in [6.07, 6.45) is 0. The molecule has 0 radical (unpaired) electrons. The molecule has 172 valence electrons. The fourth-order valence-electron chi connectivity index (χ4n) is 3.36. The van der Waals surface area contributed by atoms with Gasteiger partial charge in [-0.2, -0.15) is 0 Å². The monoisotopic (exact) mass is 557 g/mol. The molecular weight excluding hydrogens is 541 g/mol. The topological polar surface area (TPSA) is 78.5 Å². The van der Waals surface area contributed by atoms with Crippen LogP contribution >= 0.6 is 39.1 Å². The first-order valence-electron chi connectivity index (χ1n) is 10.2. The van der Waals surface area contributed by atoms with E-state index in [1.54, 1.807) is 54.6 Å². The molecule has 1 aliphatic rings. The minimum atomic E-state index is -0.576. The van der Waals surface area contributed by atoms with Crippen LogP contribution in [0.1, 0.15) is 21.5 Å². The van der Waals surface area contributed by atoms with E-state index in [1.165, 1.54) is 0 Å². The van der Waals surface area contributed by atoms with Crippen LogP contribution in [-0.2, 0) is 22.7 Å². The fourth-order valence-corrected chi connectivity index (χ4v) is 4.19. The Hall–Kier alpha value is -3.13. The Bertz CT molecular complexity index is 1310. The largest absolute Gasteiger partial charge is 0.375 e. The third kappa shape index (κ3) is 5.17. The van der Waals surface area contributed by atoms with Crippen LogP contribution in [0.5, 0.6) is 0 Å². The highest BCUT2D eigenvalue weighted by Gasteiger charge is 2.37. The zero-order valence-electron chi connectivity index (χ0n) is 17.6. The molecule has 9 heteroatoms. The van der Waals surface area contributed by atoms with Gasteiger partial charge in [0.05, 0.1) is 12.2 Å². The number of carbonyl (C=O) groups is 3. The Balaban J connectivity index is 1.38. The number of benzene rings is 3. The first-order chi connectivity index (χ1) is 16.3. The molecule has 2 N–H and O–H groups in total. The van der Waals surface area contributed by atoms with Crippen molar-refractivity contribution in [1.82, 2.24) is 10.2 Å². The summed E-state index contributed by atoms with van der Waals surface area (Å²) in [6.45, 7) is 0.275. The van der Waals surface area contributed by atoms with E-state index in [0.29, 0.717) is 21.8 Å². The third-order valence-electron chi connectivity index (χ3n) is 5.21. The number of carbonyl (C=O) groups excluding carboxylic acids is 3. The van der Waals surface area contributed by atoms with Crippen molar-refractivity contribution in [3.63, 3.8) is 0 Å². The van der Waals surface area contributed by atoms with Gasteiger partial charge >= 0.3 is 0 Å². The molecule has 3 aromatic rings. The van der Waals surface area contributed by atoms with E-state index >= 15 is 0 Å². The van der Waals surface area contributed by atoms with Crippen molar-refractivity contribution in [3.05, 3.63) is 110 Å². The highest BCUT2D eigenvalue weighted by atomic mass is 79.9. The van der Waals surface area contributed by atoms with Gasteiger partial charge in [-0.15, -0.1) is 0 Å². The van der Waals surface area contributed by atoms with Gasteiger partial charge in [-0.3, -0.25) is 19.3 Å². The molecule has 6 nitrogen and oxygen atoms in total.